The number of aromatic nitrogens is 3. The maximum atomic E-state index is 12.9. The van der Waals surface area contributed by atoms with Crippen LogP contribution in [0.15, 0.2) is 21.6 Å². The van der Waals surface area contributed by atoms with Crippen LogP contribution in [-0.2, 0) is 12.8 Å². The van der Waals surface area contributed by atoms with Crippen molar-refractivity contribution in [3.05, 3.63) is 45.5 Å². The Hall–Kier alpha value is -2.44. The molecule has 1 fully saturated rings. The van der Waals surface area contributed by atoms with Gasteiger partial charge < -0.3 is 14.4 Å². The van der Waals surface area contributed by atoms with E-state index in [9.17, 15) is 9.59 Å². The summed E-state index contributed by atoms with van der Waals surface area (Å²) in [6, 6.07) is 1.82. The molecule has 0 spiro atoms. The van der Waals surface area contributed by atoms with Crippen LogP contribution in [0, 0.1) is 0 Å². The molecule has 3 heterocycles. The van der Waals surface area contributed by atoms with Crippen LogP contribution in [0.25, 0.3) is 0 Å². The Morgan fingerprint density at radius 3 is 3.04 bits per heavy atom. The molecule has 0 bridgehead atoms. The minimum atomic E-state index is -0.346. The summed E-state index contributed by atoms with van der Waals surface area (Å²) >= 11 is 0. The van der Waals surface area contributed by atoms with Gasteiger partial charge in [0.25, 0.3) is 5.91 Å². The highest BCUT2D eigenvalue weighted by molar-refractivity contribution is 5.94. The predicted molar refractivity (Wildman–Crippen MR) is 85.9 cm³/mol. The fourth-order valence-electron chi connectivity index (χ4n) is 3.74. The topological polar surface area (TPSA) is 92.1 Å². The van der Waals surface area contributed by atoms with E-state index in [2.05, 4.69) is 15.1 Å². The molecule has 0 unspecified atom stereocenters. The molecule has 1 N–H and O–H groups in total. The molecular weight excluding hydrogens is 308 g/mol. The van der Waals surface area contributed by atoms with Crippen molar-refractivity contribution >= 4 is 5.91 Å². The highest BCUT2D eigenvalue weighted by Gasteiger charge is 2.31. The predicted octanol–water partition coefficient (Wildman–Crippen LogP) is 1.66. The van der Waals surface area contributed by atoms with Gasteiger partial charge in [-0.25, -0.2) is 9.78 Å². The SMILES string of the molecule is O=C(c1noc2c1CCCC2)N1CCC[C@H](c2ccnc(=O)[nH]2)C1. The molecule has 7 nitrogen and oxygen atoms in total. The molecular formula is C17H20N4O3. The van der Waals surface area contributed by atoms with Gasteiger partial charge in [0.05, 0.1) is 0 Å². The van der Waals surface area contributed by atoms with E-state index in [-0.39, 0.29) is 17.5 Å². The maximum Gasteiger partial charge on any atom is 0.345 e. The minimum Gasteiger partial charge on any atom is -0.360 e. The van der Waals surface area contributed by atoms with Gasteiger partial charge in [0.15, 0.2) is 5.69 Å². The van der Waals surface area contributed by atoms with Gasteiger partial charge >= 0.3 is 5.69 Å². The molecule has 1 amide bonds. The van der Waals surface area contributed by atoms with E-state index in [1.165, 1.54) is 6.20 Å². The Labute approximate surface area is 139 Å². The third-order valence-electron chi connectivity index (χ3n) is 5.00. The average Bonchev–Trinajstić information content (AvgIpc) is 3.05. The number of nitrogens with one attached hydrogen (secondary N) is 1. The van der Waals surface area contributed by atoms with E-state index >= 15 is 0 Å². The van der Waals surface area contributed by atoms with Crippen LogP contribution in [0.3, 0.4) is 0 Å². The summed E-state index contributed by atoms with van der Waals surface area (Å²) in [6.45, 7) is 1.30. The van der Waals surface area contributed by atoms with E-state index in [1.54, 1.807) is 0 Å². The standard InChI is InChI=1S/C17H20N4O3/c22-16(15-12-5-1-2-6-14(12)24-20-15)21-9-3-4-11(10-21)13-7-8-18-17(23)19-13/h7-8,11H,1-6,9-10H2,(H,18,19,23)/t11-/m0/s1. The lowest BCUT2D eigenvalue weighted by Gasteiger charge is -2.32. The Morgan fingerprint density at radius 1 is 1.29 bits per heavy atom. The lowest BCUT2D eigenvalue weighted by atomic mass is 9.93. The molecule has 4 rings (SSSR count). The van der Waals surface area contributed by atoms with Gasteiger partial charge in [0.1, 0.15) is 5.76 Å². The fourth-order valence-corrected chi connectivity index (χ4v) is 3.74. The number of carbonyl (C=O) groups excluding carboxylic acids is 1. The number of likely N-dealkylation sites (tertiary alicyclic amines) is 1. The molecule has 0 aromatic carbocycles. The highest BCUT2D eigenvalue weighted by Crippen LogP contribution is 2.29. The van der Waals surface area contributed by atoms with E-state index in [1.807, 2.05) is 11.0 Å². The number of hydrogen-bond donors (Lipinski definition) is 1. The summed E-state index contributed by atoms with van der Waals surface area (Å²) in [4.78, 5) is 32.6. The van der Waals surface area contributed by atoms with E-state index in [0.29, 0.717) is 18.8 Å². The number of hydrogen-bond acceptors (Lipinski definition) is 5. The summed E-state index contributed by atoms with van der Waals surface area (Å²) in [6.07, 6.45) is 7.28. The van der Waals surface area contributed by atoms with Crippen LogP contribution < -0.4 is 5.69 Å². The van der Waals surface area contributed by atoms with Crippen LogP contribution in [0.2, 0.25) is 0 Å². The molecule has 1 saturated heterocycles. The van der Waals surface area contributed by atoms with Crippen molar-refractivity contribution in [1.29, 1.82) is 0 Å². The number of rotatable bonds is 2. The number of H-pyrrole nitrogens is 1. The summed E-state index contributed by atoms with van der Waals surface area (Å²) in [5.74, 6) is 0.945. The van der Waals surface area contributed by atoms with Crippen molar-refractivity contribution in [2.45, 2.75) is 44.4 Å². The first-order chi connectivity index (χ1) is 11.7. The first kappa shape index (κ1) is 15.1. The smallest absolute Gasteiger partial charge is 0.345 e. The Kier molecular flexibility index (Phi) is 3.92. The van der Waals surface area contributed by atoms with Crippen LogP contribution in [-0.4, -0.2) is 39.0 Å². The molecule has 24 heavy (non-hydrogen) atoms. The molecule has 7 heteroatoms. The van der Waals surface area contributed by atoms with Crippen LogP contribution in [0.4, 0.5) is 0 Å². The van der Waals surface area contributed by atoms with Gasteiger partial charge in [-0.3, -0.25) is 4.79 Å². The number of nitrogens with zero attached hydrogens (tertiary/aromatic N) is 3. The first-order valence-electron chi connectivity index (χ1n) is 8.54. The molecule has 1 aliphatic heterocycles. The van der Waals surface area contributed by atoms with Crippen molar-refractivity contribution in [2.75, 3.05) is 13.1 Å². The monoisotopic (exact) mass is 328 g/mol. The summed E-state index contributed by atoms with van der Waals surface area (Å²) in [5.41, 5.74) is 1.97. The number of piperidine rings is 1. The zero-order chi connectivity index (χ0) is 16.5. The van der Waals surface area contributed by atoms with Gasteiger partial charge in [-0.05, 0) is 38.2 Å². The molecule has 1 atom stereocenters. The second-order valence-corrected chi connectivity index (χ2v) is 6.56. The van der Waals surface area contributed by atoms with Crippen molar-refractivity contribution < 1.29 is 9.32 Å². The molecule has 126 valence electrons. The van der Waals surface area contributed by atoms with Crippen LogP contribution >= 0.6 is 0 Å². The zero-order valence-electron chi connectivity index (χ0n) is 13.5. The largest absolute Gasteiger partial charge is 0.360 e. The number of aryl methyl sites for hydroxylation is 1. The second kappa shape index (κ2) is 6.22. The summed E-state index contributed by atoms with van der Waals surface area (Å²) in [7, 11) is 0. The van der Waals surface area contributed by atoms with Crippen molar-refractivity contribution in [1.82, 2.24) is 20.0 Å². The number of carbonyl (C=O) groups is 1. The second-order valence-electron chi connectivity index (χ2n) is 6.56. The van der Waals surface area contributed by atoms with E-state index in [4.69, 9.17) is 4.52 Å². The van der Waals surface area contributed by atoms with Crippen LogP contribution in [0.1, 0.15) is 59.1 Å². The van der Waals surface area contributed by atoms with Gasteiger partial charge in [0, 0.05) is 42.9 Å². The normalized spacial score (nSPS) is 20.7. The molecule has 2 aromatic rings. The molecule has 0 saturated carbocycles. The Balaban J connectivity index is 1.55. The highest BCUT2D eigenvalue weighted by atomic mass is 16.5. The third-order valence-corrected chi connectivity index (χ3v) is 5.00. The zero-order valence-corrected chi connectivity index (χ0v) is 13.5. The van der Waals surface area contributed by atoms with E-state index < -0.39 is 0 Å². The third kappa shape index (κ3) is 2.74. The molecule has 0 radical (unpaired) electrons. The van der Waals surface area contributed by atoms with Gasteiger partial charge in [0.2, 0.25) is 0 Å². The molecule has 1 aliphatic carbocycles. The maximum absolute atomic E-state index is 12.9. The van der Waals surface area contributed by atoms with Crippen molar-refractivity contribution in [3.8, 4) is 0 Å². The van der Waals surface area contributed by atoms with Gasteiger partial charge in [-0.15, -0.1) is 0 Å². The minimum absolute atomic E-state index is 0.0528. The fraction of sp³-hybridized carbons (Fsp3) is 0.529. The average molecular weight is 328 g/mol. The molecule has 2 aliphatic rings. The Bertz CT molecular complexity index is 810. The number of amides is 1. The summed E-state index contributed by atoms with van der Waals surface area (Å²) < 4.78 is 5.37. The van der Waals surface area contributed by atoms with E-state index in [0.717, 1.165) is 55.5 Å². The lowest BCUT2D eigenvalue weighted by Crippen LogP contribution is -2.40. The number of aromatic amines is 1. The first-order valence-corrected chi connectivity index (χ1v) is 8.54. The number of fused-ring (bicyclic) bond motifs is 1. The van der Waals surface area contributed by atoms with Gasteiger partial charge in [-0.1, -0.05) is 5.16 Å². The van der Waals surface area contributed by atoms with Crippen molar-refractivity contribution in [3.63, 3.8) is 0 Å². The van der Waals surface area contributed by atoms with Crippen molar-refractivity contribution in [2.24, 2.45) is 0 Å². The summed E-state index contributed by atoms with van der Waals surface area (Å²) in [5, 5.41) is 4.05. The van der Waals surface area contributed by atoms with Crippen LogP contribution in [0.5, 0.6) is 0 Å². The quantitative estimate of drug-likeness (QED) is 0.905. The Morgan fingerprint density at radius 2 is 2.17 bits per heavy atom. The molecule has 2 aromatic heterocycles. The van der Waals surface area contributed by atoms with Gasteiger partial charge in [-0.2, -0.15) is 0 Å². The lowest BCUT2D eigenvalue weighted by molar-refractivity contribution is 0.0694.